The Morgan fingerprint density at radius 3 is 3.05 bits per heavy atom. The van der Waals surface area contributed by atoms with Gasteiger partial charge in [-0.05, 0) is 57.5 Å². The van der Waals surface area contributed by atoms with Crippen molar-refractivity contribution in [2.75, 3.05) is 20.1 Å². The van der Waals surface area contributed by atoms with E-state index in [9.17, 15) is 9.18 Å². The van der Waals surface area contributed by atoms with Gasteiger partial charge in [-0.15, -0.1) is 0 Å². The van der Waals surface area contributed by atoms with E-state index >= 15 is 0 Å². The van der Waals surface area contributed by atoms with Gasteiger partial charge in [0.05, 0.1) is 5.56 Å². The predicted octanol–water partition coefficient (Wildman–Crippen LogP) is 3.19. The molecule has 0 aromatic heterocycles. The van der Waals surface area contributed by atoms with Gasteiger partial charge in [0.15, 0.2) is 0 Å². The number of benzene rings is 1. The van der Waals surface area contributed by atoms with E-state index in [0.717, 1.165) is 43.2 Å². The van der Waals surface area contributed by atoms with E-state index in [4.69, 9.17) is 0 Å². The maximum Gasteiger partial charge on any atom is 0.257 e. The lowest BCUT2D eigenvalue weighted by Gasteiger charge is -2.36. The number of amides is 1. The number of carbonyl (C=O) groups is 1. The van der Waals surface area contributed by atoms with Crippen LogP contribution >= 0.6 is 15.9 Å². The number of hydrogen-bond donors (Lipinski definition) is 1. The van der Waals surface area contributed by atoms with Gasteiger partial charge in [-0.25, -0.2) is 4.39 Å². The molecule has 1 amide bonds. The van der Waals surface area contributed by atoms with Crippen LogP contribution in [0.5, 0.6) is 0 Å². The van der Waals surface area contributed by atoms with Crippen molar-refractivity contribution in [2.45, 2.75) is 31.7 Å². The summed E-state index contributed by atoms with van der Waals surface area (Å²) in [4.78, 5) is 14.4. The summed E-state index contributed by atoms with van der Waals surface area (Å²) in [5, 5.41) is 3.12. The molecule has 1 heterocycles. The van der Waals surface area contributed by atoms with Gasteiger partial charge < -0.3 is 10.2 Å². The van der Waals surface area contributed by atoms with Crippen LogP contribution in [0.1, 0.15) is 36.0 Å². The molecular weight excluding hydrogens is 323 g/mol. The Labute approximate surface area is 127 Å². The molecule has 20 heavy (non-hydrogen) atoms. The molecule has 1 fully saturated rings. The van der Waals surface area contributed by atoms with Crippen LogP contribution in [0.4, 0.5) is 4.39 Å². The monoisotopic (exact) mass is 342 g/mol. The van der Waals surface area contributed by atoms with Gasteiger partial charge in [-0.3, -0.25) is 4.79 Å². The molecule has 1 atom stereocenters. The third-order valence-electron chi connectivity index (χ3n) is 3.77. The quantitative estimate of drug-likeness (QED) is 0.911. The second kappa shape index (κ2) is 7.18. The minimum atomic E-state index is -0.448. The Balaban J connectivity index is 2.18. The SMILES string of the molecule is CNCCC1CCCCN1C(=O)c1cc(Br)ccc1F. The maximum atomic E-state index is 13.9. The molecule has 1 saturated heterocycles. The maximum absolute atomic E-state index is 13.9. The smallest absolute Gasteiger partial charge is 0.257 e. The largest absolute Gasteiger partial charge is 0.336 e. The molecular formula is C15H20BrFN2O. The fraction of sp³-hybridized carbons (Fsp3) is 0.533. The highest BCUT2D eigenvalue weighted by Crippen LogP contribution is 2.24. The Hall–Kier alpha value is -0.940. The minimum Gasteiger partial charge on any atom is -0.336 e. The first kappa shape index (κ1) is 15.4. The lowest BCUT2D eigenvalue weighted by molar-refractivity contribution is 0.0597. The first-order valence-corrected chi connectivity index (χ1v) is 7.83. The molecule has 0 aliphatic carbocycles. The highest BCUT2D eigenvalue weighted by molar-refractivity contribution is 9.10. The second-order valence-corrected chi connectivity index (χ2v) is 6.08. The molecule has 1 aromatic rings. The van der Waals surface area contributed by atoms with Gasteiger partial charge in [0, 0.05) is 17.1 Å². The first-order valence-electron chi connectivity index (χ1n) is 7.04. The van der Waals surface area contributed by atoms with Gasteiger partial charge in [-0.1, -0.05) is 15.9 Å². The number of hydrogen-bond acceptors (Lipinski definition) is 2. The summed E-state index contributed by atoms with van der Waals surface area (Å²) in [6, 6.07) is 4.73. The van der Waals surface area contributed by atoms with E-state index in [2.05, 4.69) is 21.2 Å². The molecule has 2 rings (SSSR count). The summed E-state index contributed by atoms with van der Waals surface area (Å²) in [5.41, 5.74) is 0.163. The van der Waals surface area contributed by atoms with Crippen molar-refractivity contribution in [3.05, 3.63) is 34.1 Å². The van der Waals surface area contributed by atoms with Crippen LogP contribution in [-0.4, -0.2) is 37.0 Å². The second-order valence-electron chi connectivity index (χ2n) is 5.16. The molecule has 1 aliphatic heterocycles. The standard InChI is InChI=1S/C15H20BrFN2O/c1-18-8-7-12-4-2-3-9-19(12)15(20)13-10-11(16)5-6-14(13)17/h5-6,10,12,18H,2-4,7-9H2,1H3. The third-order valence-corrected chi connectivity index (χ3v) is 4.27. The first-order chi connectivity index (χ1) is 9.63. The zero-order valence-corrected chi connectivity index (χ0v) is 13.2. The number of likely N-dealkylation sites (tertiary alicyclic amines) is 1. The zero-order chi connectivity index (χ0) is 14.5. The van der Waals surface area contributed by atoms with Gasteiger partial charge in [0.25, 0.3) is 5.91 Å². The molecule has 1 aromatic carbocycles. The Morgan fingerprint density at radius 2 is 2.30 bits per heavy atom. The van der Waals surface area contributed by atoms with E-state index in [1.165, 1.54) is 6.07 Å². The Morgan fingerprint density at radius 1 is 1.50 bits per heavy atom. The van der Waals surface area contributed by atoms with E-state index in [1.807, 2.05) is 11.9 Å². The molecule has 0 bridgehead atoms. The summed E-state index contributed by atoms with van der Waals surface area (Å²) in [6.45, 7) is 1.59. The number of nitrogens with zero attached hydrogens (tertiary/aromatic N) is 1. The van der Waals surface area contributed by atoms with E-state index < -0.39 is 5.82 Å². The summed E-state index contributed by atoms with van der Waals surface area (Å²) >= 11 is 3.30. The van der Waals surface area contributed by atoms with Crippen molar-refractivity contribution in [1.29, 1.82) is 0 Å². The molecule has 3 nitrogen and oxygen atoms in total. The molecule has 1 N–H and O–H groups in total. The molecule has 0 saturated carbocycles. The van der Waals surface area contributed by atoms with Gasteiger partial charge >= 0.3 is 0 Å². The Bertz CT molecular complexity index is 481. The molecule has 1 unspecified atom stereocenters. The van der Waals surface area contributed by atoms with Crippen LogP contribution in [0, 0.1) is 5.82 Å². The van der Waals surface area contributed by atoms with Gasteiger partial charge in [-0.2, -0.15) is 0 Å². The van der Waals surface area contributed by atoms with E-state index in [1.54, 1.807) is 12.1 Å². The molecule has 1 aliphatic rings. The van der Waals surface area contributed by atoms with Crippen molar-refractivity contribution < 1.29 is 9.18 Å². The average molecular weight is 343 g/mol. The summed E-state index contributed by atoms with van der Waals surface area (Å²) in [7, 11) is 1.91. The van der Waals surface area contributed by atoms with Crippen molar-refractivity contribution in [1.82, 2.24) is 10.2 Å². The van der Waals surface area contributed by atoms with E-state index in [-0.39, 0.29) is 17.5 Å². The zero-order valence-electron chi connectivity index (χ0n) is 11.7. The molecule has 0 spiro atoms. The summed E-state index contributed by atoms with van der Waals surface area (Å²) < 4.78 is 14.6. The summed E-state index contributed by atoms with van der Waals surface area (Å²) in [6.07, 6.45) is 4.05. The fourth-order valence-electron chi connectivity index (χ4n) is 2.70. The fourth-order valence-corrected chi connectivity index (χ4v) is 3.06. The topological polar surface area (TPSA) is 32.3 Å². The highest BCUT2D eigenvalue weighted by Gasteiger charge is 2.28. The van der Waals surface area contributed by atoms with Crippen LogP contribution in [0.25, 0.3) is 0 Å². The van der Waals surface area contributed by atoms with Crippen LogP contribution in [0.15, 0.2) is 22.7 Å². The molecule has 5 heteroatoms. The van der Waals surface area contributed by atoms with Crippen molar-refractivity contribution in [3.63, 3.8) is 0 Å². The number of piperidine rings is 1. The third kappa shape index (κ3) is 3.58. The number of rotatable bonds is 4. The average Bonchev–Trinajstić information content (AvgIpc) is 2.47. The van der Waals surface area contributed by atoms with Crippen LogP contribution in [-0.2, 0) is 0 Å². The van der Waals surface area contributed by atoms with Gasteiger partial charge in [0.2, 0.25) is 0 Å². The lowest BCUT2D eigenvalue weighted by atomic mass is 9.98. The number of nitrogens with one attached hydrogen (secondary N) is 1. The minimum absolute atomic E-state index is 0.163. The van der Waals surface area contributed by atoms with E-state index in [0.29, 0.717) is 0 Å². The highest BCUT2D eigenvalue weighted by atomic mass is 79.9. The van der Waals surface area contributed by atoms with Crippen molar-refractivity contribution in [3.8, 4) is 0 Å². The lowest BCUT2D eigenvalue weighted by Crippen LogP contribution is -2.45. The van der Waals surface area contributed by atoms with Crippen LogP contribution in [0.2, 0.25) is 0 Å². The molecule has 0 radical (unpaired) electrons. The predicted molar refractivity (Wildman–Crippen MR) is 81.3 cm³/mol. The van der Waals surface area contributed by atoms with Crippen LogP contribution < -0.4 is 5.32 Å². The normalized spacial score (nSPS) is 19.1. The Kier molecular flexibility index (Phi) is 5.54. The van der Waals surface area contributed by atoms with Gasteiger partial charge in [0.1, 0.15) is 5.82 Å². The van der Waals surface area contributed by atoms with Crippen molar-refractivity contribution in [2.24, 2.45) is 0 Å². The number of carbonyl (C=O) groups excluding carboxylic acids is 1. The molecule has 110 valence electrons. The summed E-state index contributed by atoms with van der Waals surface area (Å²) in [5.74, 6) is -0.638. The number of halogens is 2. The van der Waals surface area contributed by atoms with Crippen molar-refractivity contribution >= 4 is 21.8 Å². The van der Waals surface area contributed by atoms with Crippen LogP contribution in [0.3, 0.4) is 0 Å².